The zero-order chi connectivity index (χ0) is 30.5. The van der Waals surface area contributed by atoms with E-state index in [2.05, 4.69) is 33.3 Å². The first kappa shape index (κ1) is 33.1. The highest BCUT2D eigenvalue weighted by molar-refractivity contribution is 7.92. The summed E-state index contributed by atoms with van der Waals surface area (Å²) in [7, 11) is -2.14. The third-order valence-corrected chi connectivity index (χ3v) is 7.90. The molecule has 3 aromatic rings. The summed E-state index contributed by atoms with van der Waals surface area (Å²) in [6.07, 6.45) is 3.22. The van der Waals surface area contributed by atoms with Crippen molar-refractivity contribution in [3.63, 3.8) is 0 Å². The maximum atomic E-state index is 13.9. The number of carbonyl (C=O) groups excluding carboxylic acids is 1. The Hall–Kier alpha value is -3.45. The number of aliphatic hydroxyl groups is 1. The third-order valence-electron chi connectivity index (χ3n) is 6.53. The summed E-state index contributed by atoms with van der Waals surface area (Å²) in [5.74, 6) is -2.31. The van der Waals surface area contributed by atoms with Gasteiger partial charge in [-0.15, -0.1) is 0 Å². The number of aryl methyl sites for hydroxylation is 1. The minimum absolute atomic E-state index is 0.0431. The van der Waals surface area contributed by atoms with Crippen LogP contribution in [0.15, 0.2) is 60.9 Å². The number of carbonyl (C=O) groups is 1. The van der Waals surface area contributed by atoms with Crippen LogP contribution in [0, 0.1) is 11.6 Å². The number of pyridine rings is 1. The summed E-state index contributed by atoms with van der Waals surface area (Å²) in [5.41, 5.74) is 2.60. The monoisotopic (exact) mass is 604 g/mol. The molecule has 2 atom stereocenters. The Balaban J connectivity index is 1.71. The van der Waals surface area contributed by atoms with Crippen LogP contribution in [0.2, 0.25) is 0 Å². The first-order chi connectivity index (χ1) is 20.1. The molecule has 1 amide bonds. The second kappa shape index (κ2) is 16.3. The number of rotatable bonds is 17. The summed E-state index contributed by atoms with van der Waals surface area (Å²) < 4.78 is 60.0. The van der Waals surface area contributed by atoms with Crippen molar-refractivity contribution in [1.82, 2.24) is 15.6 Å². The lowest BCUT2D eigenvalue weighted by Gasteiger charge is -2.25. The van der Waals surface area contributed by atoms with E-state index in [1.807, 2.05) is 18.2 Å². The highest BCUT2D eigenvalue weighted by Gasteiger charge is 2.24. The molecule has 12 heteroatoms. The van der Waals surface area contributed by atoms with Gasteiger partial charge >= 0.3 is 0 Å². The number of sulfonamides is 1. The normalized spacial score (nSPS) is 13.0. The molecule has 0 bridgehead atoms. The summed E-state index contributed by atoms with van der Waals surface area (Å²) >= 11 is 0. The molecule has 0 spiro atoms. The number of ether oxygens (including phenoxy) is 1. The van der Waals surface area contributed by atoms with Gasteiger partial charge in [0.05, 0.1) is 35.3 Å². The number of amides is 1. The van der Waals surface area contributed by atoms with Gasteiger partial charge in [0.15, 0.2) is 0 Å². The topological polar surface area (TPSA) is 130 Å². The zero-order valence-corrected chi connectivity index (χ0v) is 24.6. The number of benzene rings is 2. The standard InChI is InChI=1S/C30H38F2N4O5S/c1-3-21-7-6-8-22(11-21)17-33-20-29(37)28(14-23-12-25(31)16-26(32)13-23)35-30(38)24-15-27(19-34-18-24)36-42(39,40)10-5-4-9-41-2/h6-8,11-13,15-16,18-19,28-29,33,36-37H,3-5,9-10,14,17,20H2,1-2H3,(H,35,38)/t28-,29+/m0/s1. The van der Waals surface area contributed by atoms with E-state index in [0.29, 0.717) is 26.0 Å². The van der Waals surface area contributed by atoms with Crippen molar-refractivity contribution < 1.29 is 31.8 Å². The number of hydrogen-bond acceptors (Lipinski definition) is 7. The van der Waals surface area contributed by atoms with E-state index in [4.69, 9.17) is 4.74 Å². The lowest BCUT2D eigenvalue weighted by atomic mass is 10.00. The number of unbranched alkanes of at least 4 members (excludes halogenated alkanes) is 1. The summed E-state index contributed by atoms with van der Waals surface area (Å²) in [6.45, 7) is 3.06. The van der Waals surface area contributed by atoms with Gasteiger partial charge in [0.2, 0.25) is 10.0 Å². The maximum absolute atomic E-state index is 13.9. The Kier molecular flexibility index (Phi) is 12.8. The van der Waals surface area contributed by atoms with Gasteiger partial charge in [-0.25, -0.2) is 17.2 Å². The number of aromatic nitrogens is 1. The van der Waals surface area contributed by atoms with Crippen molar-refractivity contribution in [2.24, 2.45) is 0 Å². The summed E-state index contributed by atoms with van der Waals surface area (Å²) in [4.78, 5) is 17.2. The second-order valence-electron chi connectivity index (χ2n) is 10.0. The van der Waals surface area contributed by atoms with Crippen LogP contribution in [-0.4, -0.2) is 62.6 Å². The number of methoxy groups -OCH3 is 1. The molecule has 9 nitrogen and oxygen atoms in total. The first-order valence-corrected chi connectivity index (χ1v) is 15.4. The largest absolute Gasteiger partial charge is 0.390 e. The fraction of sp³-hybridized carbons (Fsp3) is 0.400. The van der Waals surface area contributed by atoms with E-state index in [1.54, 1.807) is 0 Å². The van der Waals surface area contributed by atoms with Gasteiger partial charge < -0.3 is 20.5 Å². The molecule has 3 rings (SSSR count). The maximum Gasteiger partial charge on any atom is 0.253 e. The number of hydrogen-bond donors (Lipinski definition) is 4. The van der Waals surface area contributed by atoms with Crippen LogP contribution in [0.25, 0.3) is 0 Å². The minimum atomic E-state index is -3.68. The van der Waals surface area contributed by atoms with Crippen molar-refractivity contribution in [3.8, 4) is 0 Å². The van der Waals surface area contributed by atoms with Crippen LogP contribution in [-0.2, 0) is 34.1 Å². The molecule has 4 N–H and O–H groups in total. The molecule has 0 saturated carbocycles. The lowest BCUT2D eigenvalue weighted by molar-refractivity contribution is 0.0829. The molecule has 1 aromatic heterocycles. The number of nitrogens with one attached hydrogen (secondary N) is 3. The molecule has 228 valence electrons. The molecule has 0 radical (unpaired) electrons. The number of nitrogens with zero attached hydrogens (tertiary/aromatic N) is 1. The van der Waals surface area contributed by atoms with Crippen molar-refractivity contribution in [1.29, 1.82) is 0 Å². The van der Waals surface area contributed by atoms with Crippen LogP contribution < -0.4 is 15.4 Å². The number of anilines is 1. The molecule has 0 saturated heterocycles. The summed E-state index contributed by atoms with van der Waals surface area (Å²) in [6, 6.07) is 11.4. The average Bonchev–Trinajstić information content (AvgIpc) is 2.94. The van der Waals surface area contributed by atoms with Gasteiger partial charge in [0, 0.05) is 39.1 Å². The summed E-state index contributed by atoms with van der Waals surface area (Å²) in [5, 5.41) is 16.9. The van der Waals surface area contributed by atoms with E-state index in [0.717, 1.165) is 30.2 Å². The van der Waals surface area contributed by atoms with Crippen LogP contribution in [0.1, 0.15) is 46.8 Å². The molecular formula is C30H38F2N4O5S. The molecule has 42 heavy (non-hydrogen) atoms. The van der Waals surface area contributed by atoms with Crippen LogP contribution in [0.5, 0.6) is 0 Å². The highest BCUT2D eigenvalue weighted by Crippen LogP contribution is 2.15. The first-order valence-electron chi connectivity index (χ1n) is 13.8. The highest BCUT2D eigenvalue weighted by atomic mass is 32.2. The fourth-order valence-corrected chi connectivity index (χ4v) is 5.53. The second-order valence-corrected chi connectivity index (χ2v) is 11.9. The van der Waals surface area contributed by atoms with Crippen molar-refractivity contribution in [2.45, 2.75) is 51.3 Å². The molecule has 2 aromatic carbocycles. The van der Waals surface area contributed by atoms with Gasteiger partial charge in [-0.05, 0) is 60.6 Å². The Labute approximate surface area is 245 Å². The molecule has 0 fully saturated rings. The molecular weight excluding hydrogens is 566 g/mol. The van der Waals surface area contributed by atoms with Crippen molar-refractivity contribution >= 4 is 21.6 Å². The molecule has 0 aliphatic carbocycles. The van der Waals surface area contributed by atoms with Gasteiger partial charge in [-0.2, -0.15) is 0 Å². The van der Waals surface area contributed by atoms with Crippen molar-refractivity contribution in [2.75, 3.05) is 30.7 Å². The van der Waals surface area contributed by atoms with Gasteiger partial charge in [0.1, 0.15) is 11.6 Å². The van der Waals surface area contributed by atoms with E-state index in [1.165, 1.54) is 31.1 Å². The Morgan fingerprint density at radius 1 is 1.02 bits per heavy atom. The Bertz CT molecular complexity index is 1400. The average molecular weight is 605 g/mol. The Morgan fingerprint density at radius 2 is 1.76 bits per heavy atom. The zero-order valence-electron chi connectivity index (χ0n) is 23.8. The number of halogens is 2. The van der Waals surface area contributed by atoms with Crippen LogP contribution in [0.4, 0.5) is 14.5 Å². The third kappa shape index (κ3) is 11.1. The van der Waals surface area contributed by atoms with Gasteiger partial charge in [-0.3, -0.25) is 14.5 Å². The van der Waals surface area contributed by atoms with Crippen LogP contribution >= 0.6 is 0 Å². The van der Waals surface area contributed by atoms with Gasteiger partial charge in [-0.1, -0.05) is 31.2 Å². The predicted octanol–water partition coefficient (Wildman–Crippen LogP) is 3.58. The predicted molar refractivity (Wildman–Crippen MR) is 158 cm³/mol. The van der Waals surface area contributed by atoms with E-state index in [-0.39, 0.29) is 35.5 Å². The quantitative estimate of drug-likeness (QED) is 0.173. The lowest BCUT2D eigenvalue weighted by Crippen LogP contribution is -2.48. The van der Waals surface area contributed by atoms with E-state index < -0.39 is 39.7 Å². The van der Waals surface area contributed by atoms with Crippen LogP contribution in [0.3, 0.4) is 0 Å². The minimum Gasteiger partial charge on any atom is -0.390 e. The molecule has 0 aliphatic heterocycles. The van der Waals surface area contributed by atoms with Gasteiger partial charge in [0.25, 0.3) is 5.91 Å². The molecule has 0 unspecified atom stereocenters. The smallest absolute Gasteiger partial charge is 0.253 e. The fourth-order valence-electron chi connectivity index (χ4n) is 4.37. The van der Waals surface area contributed by atoms with E-state index >= 15 is 0 Å². The molecule has 1 heterocycles. The number of aliphatic hydroxyl groups excluding tert-OH is 1. The van der Waals surface area contributed by atoms with E-state index in [9.17, 15) is 27.1 Å². The Morgan fingerprint density at radius 3 is 2.48 bits per heavy atom. The SMILES string of the molecule is CCc1cccc(CNC[C@@H](O)[C@H](Cc2cc(F)cc(F)c2)NC(=O)c2cncc(NS(=O)(=O)CCCCOC)c2)c1. The van der Waals surface area contributed by atoms with Crippen molar-refractivity contribution in [3.05, 3.63) is 94.8 Å². The molecule has 0 aliphatic rings.